The number of benzene rings is 1. The molecule has 5 fully saturated rings. The number of carbonyl (C=O) groups excluding carboxylic acids is 3. The fourth-order valence-corrected chi connectivity index (χ4v) is 9.46. The van der Waals surface area contributed by atoms with Crippen molar-refractivity contribution in [1.82, 2.24) is 43.7 Å². The molecule has 1 aromatic carbocycles. The van der Waals surface area contributed by atoms with Gasteiger partial charge in [0.25, 0.3) is 12.3 Å². The number of carbonyl (C=O) groups is 4. The average Bonchev–Trinajstić information content (AvgIpc) is 4.19. The quantitative estimate of drug-likeness (QED) is 0.106. The summed E-state index contributed by atoms with van der Waals surface area (Å²) in [6.07, 6.45) is 5.87. The van der Waals surface area contributed by atoms with Gasteiger partial charge in [-0.1, -0.05) is 37.2 Å². The number of carboxylic acid groups (broad SMARTS) is 1. The van der Waals surface area contributed by atoms with Gasteiger partial charge in [0.1, 0.15) is 24.0 Å². The number of hydrogen-bond donors (Lipinski definition) is 3. The molecule has 24 heteroatoms. The average molecular weight is 982 g/mol. The Morgan fingerprint density at radius 1 is 1.03 bits per heavy atom. The Kier molecular flexibility index (Phi) is 15.0. The highest BCUT2D eigenvalue weighted by atomic mass is 19.4. The van der Waals surface area contributed by atoms with Gasteiger partial charge in [0.15, 0.2) is 11.3 Å². The third kappa shape index (κ3) is 11.0. The zero-order valence-electron chi connectivity index (χ0n) is 38.3. The number of piperidine rings is 2. The maximum absolute atomic E-state index is 13.7. The highest BCUT2D eigenvalue weighted by Crippen LogP contribution is 2.34. The lowest BCUT2D eigenvalue weighted by molar-refractivity contribution is -0.192. The van der Waals surface area contributed by atoms with Crippen LogP contribution in [0, 0.1) is 11.8 Å². The number of para-hydroxylation sites is 1. The Labute approximate surface area is 396 Å². The summed E-state index contributed by atoms with van der Waals surface area (Å²) in [4.78, 5) is 67.9. The number of halogens is 5. The molecular formula is C46H52F5N11O8. The molecule has 3 amide bonds. The fourth-order valence-electron chi connectivity index (χ4n) is 9.46. The molecule has 4 aromatic heterocycles. The van der Waals surface area contributed by atoms with Crippen LogP contribution in [0.1, 0.15) is 104 Å². The number of nitrogens with zero attached hydrogens (tertiary/aromatic N) is 9. The largest absolute Gasteiger partial charge is 0.490 e. The standard InChI is InChI=1S/C22H25F2N7O2.C22H26N4O4.C2HF3O2/c23-20(24)19-17(11-31(28-19)13-4-2-1-3-5-13)26-22(32)16-9-25-30-7-6-18(27-21(16)30)29-10-15-8-14(29)12-33-15;1-24-12-10-16(11-13-24)30-14-4-6-15-5-3-7-17-20(15)25(2)22(29)26(17)18-8-9-19(27)23-21(18)28;3-2(4,5)1(6)7/h6-7,9,11,13-15,20H,1-5,8,10,12H2,(H,26,32);3,5,7,16,18H,8-14H2,1-2H3,(H,23,27,28);(H,6,7). The number of imidazole rings is 1. The van der Waals surface area contributed by atoms with Crippen molar-refractivity contribution in [3.63, 3.8) is 0 Å². The number of morpholine rings is 1. The van der Waals surface area contributed by atoms with Crippen LogP contribution in [0.2, 0.25) is 0 Å². The first-order chi connectivity index (χ1) is 33.5. The number of hydrogen-bond acceptors (Lipinski definition) is 12. The van der Waals surface area contributed by atoms with Crippen molar-refractivity contribution in [3.8, 4) is 11.8 Å². The molecule has 4 aliphatic heterocycles. The number of rotatable bonds is 8. The van der Waals surface area contributed by atoms with E-state index in [1.54, 1.807) is 24.0 Å². The van der Waals surface area contributed by atoms with E-state index < -0.39 is 42.1 Å². The van der Waals surface area contributed by atoms with E-state index in [2.05, 4.69) is 54.5 Å². The molecular weight excluding hydrogens is 930 g/mol. The van der Waals surface area contributed by atoms with Crippen molar-refractivity contribution in [3.05, 3.63) is 70.2 Å². The van der Waals surface area contributed by atoms with Crippen LogP contribution in [-0.2, 0) is 30.9 Å². The lowest BCUT2D eigenvalue weighted by Crippen LogP contribution is -2.44. The summed E-state index contributed by atoms with van der Waals surface area (Å²) in [6, 6.07) is 7.03. The fraction of sp³-hybridized carbons (Fsp3) is 0.522. The number of anilines is 2. The van der Waals surface area contributed by atoms with Crippen LogP contribution in [0.25, 0.3) is 16.7 Å². The van der Waals surface area contributed by atoms with Crippen molar-refractivity contribution in [2.45, 2.75) is 107 Å². The second kappa shape index (κ2) is 21.1. The molecule has 8 heterocycles. The molecule has 19 nitrogen and oxygen atoms in total. The number of aromatic nitrogens is 7. The van der Waals surface area contributed by atoms with Crippen molar-refractivity contribution >= 4 is 51.9 Å². The number of carboxylic acids is 1. The summed E-state index contributed by atoms with van der Waals surface area (Å²) in [6.45, 7) is 3.85. The van der Waals surface area contributed by atoms with E-state index in [0.717, 1.165) is 76.8 Å². The van der Waals surface area contributed by atoms with Gasteiger partial charge in [0.2, 0.25) is 11.8 Å². The summed E-state index contributed by atoms with van der Waals surface area (Å²) in [5.41, 5.74) is 1.97. The van der Waals surface area contributed by atoms with E-state index in [-0.39, 0.29) is 53.6 Å². The van der Waals surface area contributed by atoms with Crippen LogP contribution >= 0.6 is 0 Å². The van der Waals surface area contributed by atoms with Gasteiger partial charge in [0, 0.05) is 45.5 Å². The van der Waals surface area contributed by atoms with E-state index in [1.807, 2.05) is 18.2 Å². The third-order valence-electron chi connectivity index (χ3n) is 13.1. The summed E-state index contributed by atoms with van der Waals surface area (Å²) in [7, 11) is 3.79. The monoisotopic (exact) mass is 981 g/mol. The molecule has 1 saturated carbocycles. The Morgan fingerprint density at radius 3 is 2.43 bits per heavy atom. The second-order valence-corrected chi connectivity index (χ2v) is 17.8. The Bertz CT molecular complexity index is 2870. The van der Waals surface area contributed by atoms with Crippen LogP contribution in [0.5, 0.6) is 0 Å². The lowest BCUT2D eigenvalue weighted by Gasteiger charge is -2.28. The number of imide groups is 1. The predicted octanol–water partition coefficient (Wildman–Crippen LogP) is 5.01. The van der Waals surface area contributed by atoms with Crippen LogP contribution in [0.15, 0.2) is 47.7 Å². The van der Waals surface area contributed by atoms with Crippen LogP contribution in [0.4, 0.5) is 33.5 Å². The minimum absolute atomic E-state index is 0.0325. The minimum Gasteiger partial charge on any atom is -0.475 e. The van der Waals surface area contributed by atoms with Gasteiger partial charge in [0.05, 0.1) is 59.4 Å². The molecule has 0 radical (unpaired) electrons. The van der Waals surface area contributed by atoms with Crippen molar-refractivity contribution in [2.24, 2.45) is 7.05 Å². The first-order valence-corrected chi connectivity index (χ1v) is 23.0. The summed E-state index contributed by atoms with van der Waals surface area (Å²) in [5.74, 6) is 2.91. The lowest BCUT2D eigenvalue weighted by atomic mass is 9.96. The van der Waals surface area contributed by atoms with Crippen molar-refractivity contribution in [1.29, 1.82) is 0 Å². The summed E-state index contributed by atoms with van der Waals surface area (Å²) in [5, 5.41) is 20.4. The van der Waals surface area contributed by atoms with E-state index >= 15 is 0 Å². The van der Waals surface area contributed by atoms with E-state index in [4.69, 9.17) is 19.4 Å². The maximum atomic E-state index is 13.7. The molecule has 0 spiro atoms. The molecule has 10 rings (SSSR count). The number of aryl methyl sites for hydroxylation is 1. The summed E-state index contributed by atoms with van der Waals surface area (Å²) < 4.78 is 76.7. The van der Waals surface area contributed by atoms with Gasteiger partial charge in [-0.05, 0) is 63.8 Å². The third-order valence-corrected chi connectivity index (χ3v) is 13.1. The predicted molar refractivity (Wildman–Crippen MR) is 241 cm³/mol. The van der Waals surface area contributed by atoms with Gasteiger partial charge in [-0.2, -0.15) is 23.4 Å². The molecule has 3 N–H and O–H groups in total. The Hall–Kier alpha value is -6.71. The number of nitrogens with one attached hydrogen (secondary N) is 2. The zero-order chi connectivity index (χ0) is 49.9. The van der Waals surface area contributed by atoms with Gasteiger partial charge in [-0.25, -0.2) is 27.9 Å². The summed E-state index contributed by atoms with van der Waals surface area (Å²) >= 11 is 0. The van der Waals surface area contributed by atoms with Crippen molar-refractivity contribution < 1.29 is 55.7 Å². The normalized spacial score (nSPS) is 21.0. The highest BCUT2D eigenvalue weighted by molar-refractivity contribution is 6.08. The Balaban J connectivity index is 0.000000167. The molecule has 4 saturated heterocycles. The van der Waals surface area contributed by atoms with Crippen LogP contribution < -0.4 is 21.2 Å². The Morgan fingerprint density at radius 2 is 1.77 bits per heavy atom. The van der Waals surface area contributed by atoms with E-state index in [9.17, 15) is 41.1 Å². The smallest absolute Gasteiger partial charge is 0.475 e. The highest BCUT2D eigenvalue weighted by Gasteiger charge is 2.40. The molecule has 5 aromatic rings. The van der Waals surface area contributed by atoms with Crippen LogP contribution in [-0.4, -0.2) is 132 Å². The molecule has 70 heavy (non-hydrogen) atoms. The number of likely N-dealkylation sites (tertiary alicyclic amines) is 1. The number of fused-ring (bicyclic) bond motifs is 4. The number of ether oxygens (including phenoxy) is 2. The number of alkyl halides is 5. The topological polar surface area (TPSA) is 212 Å². The minimum atomic E-state index is -5.08. The number of aliphatic carboxylic acids is 1. The molecule has 374 valence electrons. The first-order valence-electron chi connectivity index (χ1n) is 23.0. The van der Waals surface area contributed by atoms with Gasteiger partial charge < -0.3 is 29.7 Å². The first kappa shape index (κ1) is 49.7. The zero-order valence-corrected chi connectivity index (χ0v) is 38.3. The second-order valence-electron chi connectivity index (χ2n) is 17.8. The van der Waals surface area contributed by atoms with Crippen LogP contribution in [0.3, 0.4) is 0 Å². The van der Waals surface area contributed by atoms with E-state index in [1.165, 1.54) is 26.0 Å². The molecule has 2 bridgehead atoms. The van der Waals surface area contributed by atoms with Gasteiger partial charge in [-0.15, -0.1) is 0 Å². The maximum Gasteiger partial charge on any atom is 0.490 e. The van der Waals surface area contributed by atoms with Gasteiger partial charge in [-0.3, -0.25) is 33.5 Å². The number of amides is 3. The molecule has 5 aliphatic rings. The molecule has 3 unspecified atom stereocenters. The SMILES string of the molecule is CN1CCC(OCC#Cc2cccc3c2n(C)c(=O)n3C2CCC(=O)NC2=O)CC1.O=C(Nc1cn(C2CCCCC2)nc1C(F)F)c1cnn2ccc(N3CC4CC3CO4)nc12.O=C(O)C(F)(F)F. The van der Waals surface area contributed by atoms with Crippen molar-refractivity contribution in [2.75, 3.05) is 50.1 Å². The molecule has 1 aliphatic carbocycles. The molecule has 3 atom stereocenters. The van der Waals surface area contributed by atoms with Gasteiger partial charge >= 0.3 is 17.8 Å². The van der Waals surface area contributed by atoms with E-state index in [0.29, 0.717) is 41.9 Å².